The Bertz CT molecular complexity index is 1170. The van der Waals surface area contributed by atoms with Crippen LogP contribution < -0.4 is 24.8 Å². The van der Waals surface area contributed by atoms with Gasteiger partial charge in [-0.05, 0) is 0 Å². The first-order valence-corrected chi connectivity index (χ1v) is 15.6. The van der Waals surface area contributed by atoms with Gasteiger partial charge in [0.05, 0.1) is 0 Å². The molecule has 2 aromatic carbocycles. The zero-order chi connectivity index (χ0) is 18.6. The van der Waals surface area contributed by atoms with Crippen LogP contribution in [0, 0.1) is 0 Å². The molecular weight excluding hydrogens is 682 g/mol. The van der Waals surface area contributed by atoms with Gasteiger partial charge in [0.15, 0.2) is 0 Å². The Labute approximate surface area is 228 Å². The van der Waals surface area contributed by atoms with Crippen molar-refractivity contribution >= 4 is 79.3 Å². The minimum absolute atomic E-state index is 0. The number of rotatable bonds is 0. The summed E-state index contributed by atoms with van der Waals surface area (Å²) in [6.45, 7) is 0. The van der Waals surface area contributed by atoms with E-state index in [9.17, 15) is 0 Å². The molecule has 0 nitrogen and oxygen atoms in total. The maximum Gasteiger partial charge on any atom is -1.00 e. The molecule has 4 bridgehead atoms. The van der Waals surface area contributed by atoms with Crippen LogP contribution in [0.4, 0.5) is 0 Å². The number of hydrogen-bond acceptors (Lipinski definition) is 3. The van der Waals surface area contributed by atoms with Gasteiger partial charge in [-0.15, -0.1) is 0 Å². The van der Waals surface area contributed by atoms with Gasteiger partial charge in [0.2, 0.25) is 0 Å². The first-order chi connectivity index (χ1) is 13.7. The summed E-state index contributed by atoms with van der Waals surface area (Å²) in [4.78, 5) is 2.80. The Balaban J connectivity index is 0.000000963. The fourth-order valence-corrected chi connectivity index (χ4v) is 15.5. The number of thioether (sulfide) groups is 2. The minimum Gasteiger partial charge on any atom is -1.00 e. The topological polar surface area (TPSA) is 0 Å². The minimum atomic E-state index is -0.924. The fraction of sp³-hybridized carbons (Fsp3) is 0.0909. The average Bonchev–Trinajstić information content (AvgIpc) is 3.37. The third-order valence-corrected chi connectivity index (χ3v) is 17.8. The molecule has 0 fully saturated rings. The quantitative estimate of drug-likeness (QED) is 0.417. The molecule has 2 aromatic rings. The zero-order valence-electron chi connectivity index (χ0n) is 15.0. The SMILES string of the molecule is BrC1=[C]2[Zr+2][C]3=C(Br)SC4C3=Cc3c(cccc34)Sc3cccc4c3C=C2C4S1.[Cl-].[Cl-]. The monoisotopic (exact) mass is 688 g/mol. The molecule has 0 spiro atoms. The molecule has 8 heteroatoms. The Morgan fingerprint density at radius 3 is 1.63 bits per heavy atom. The van der Waals surface area contributed by atoms with Gasteiger partial charge in [-0.3, -0.25) is 0 Å². The molecule has 0 N–H and O–H groups in total. The molecular formula is C22H10Br2Cl2S3Zr. The molecule has 2 atom stereocenters. The second-order valence-electron chi connectivity index (χ2n) is 7.24. The standard InChI is InChI=1S/C22H10Br2S3.2ClH.Zr/c23-19-9-11-7-15-13(21(11)26-19)3-1-5-17(15)25-18-6-2-4-14-16(18)8-12-10-20(24)27-22(12)14;;;/h1-8,21-22H;2*1H;/q;;;+2/p-2. The van der Waals surface area contributed by atoms with E-state index in [0.29, 0.717) is 10.5 Å². The van der Waals surface area contributed by atoms with E-state index in [1.54, 1.807) is 17.7 Å². The summed E-state index contributed by atoms with van der Waals surface area (Å²) in [7, 11) is 0. The van der Waals surface area contributed by atoms with E-state index in [2.05, 4.69) is 80.4 Å². The van der Waals surface area contributed by atoms with Crippen molar-refractivity contribution in [2.45, 2.75) is 20.3 Å². The van der Waals surface area contributed by atoms with E-state index < -0.39 is 23.2 Å². The van der Waals surface area contributed by atoms with Gasteiger partial charge >= 0.3 is 207 Å². The van der Waals surface area contributed by atoms with Crippen LogP contribution in [0.1, 0.15) is 32.8 Å². The molecule has 3 aliphatic heterocycles. The molecule has 0 amide bonds. The molecule has 5 aliphatic rings. The molecule has 0 aromatic heterocycles. The predicted molar refractivity (Wildman–Crippen MR) is 126 cm³/mol. The van der Waals surface area contributed by atoms with Crippen LogP contribution in [0.2, 0.25) is 0 Å². The molecule has 3 heterocycles. The first-order valence-electron chi connectivity index (χ1n) is 8.96. The molecule has 30 heavy (non-hydrogen) atoms. The summed E-state index contributed by atoms with van der Waals surface area (Å²) in [6, 6.07) is 13.8. The van der Waals surface area contributed by atoms with Gasteiger partial charge in [0.1, 0.15) is 0 Å². The van der Waals surface area contributed by atoms with Crippen molar-refractivity contribution in [1.82, 2.24) is 0 Å². The molecule has 0 saturated carbocycles. The van der Waals surface area contributed by atoms with Gasteiger partial charge in [-0.25, -0.2) is 0 Å². The van der Waals surface area contributed by atoms with Crippen LogP contribution in [0.3, 0.4) is 0 Å². The third kappa shape index (κ3) is 3.11. The summed E-state index contributed by atoms with van der Waals surface area (Å²) >= 11 is 12.9. The number of halogens is 4. The van der Waals surface area contributed by atoms with E-state index in [0.717, 1.165) is 0 Å². The van der Waals surface area contributed by atoms with Crippen molar-refractivity contribution in [2.75, 3.05) is 0 Å². The van der Waals surface area contributed by atoms with Crippen molar-refractivity contribution in [3.05, 3.63) is 84.0 Å². The molecule has 0 saturated heterocycles. The van der Waals surface area contributed by atoms with Crippen LogP contribution in [-0.4, -0.2) is 0 Å². The van der Waals surface area contributed by atoms with Crippen LogP contribution in [0.15, 0.2) is 71.5 Å². The van der Waals surface area contributed by atoms with Gasteiger partial charge in [-0.2, -0.15) is 0 Å². The van der Waals surface area contributed by atoms with E-state index in [4.69, 9.17) is 0 Å². The van der Waals surface area contributed by atoms with E-state index in [1.807, 2.05) is 35.3 Å². The normalized spacial score (nSPS) is 23.5. The molecule has 2 unspecified atom stereocenters. The third-order valence-electron chi connectivity index (χ3n) is 5.81. The zero-order valence-corrected chi connectivity index (χ0v) is 24.6. The van der Waals surface area contributed by atoms with Crippen LogP contribution in [-0.2, 0) is 23.2 Å². The largest absolute Gasteiger partial charge is 1.00 e. The van der Waals surface area contributed by atoms with Crippen molar-refractivity contribution in [2.24, 2.45) is 0 Å². The number of hydrogen-bond donors (Lipinski definition) is 0. The molecule has 148 valence electrons. The molecule has 2 aliphatic carbocycles. The van der Waals surface area contributed by atoms with Crippen molar-refractivity contribution in [3.63, 3.8) is 0 Å². The average molecular weight is 692 g/mol. The number of fused-ring (bicyclic) bond motifs is 2. The van der Waals surface area contributed by atoms with E-state index >= 15 is 0 Å². The van der Waals surface area contributed by atoms with Gasteiger partial charge in [-0.1, -0.05) is 0 Å². The van der Waals surface area contributed by atoms with Gasteiger partial charge in [0.25, 0.3) is 0 Å². The van der Waals surface area contributed by atoms with E-state index in [1.165, 1.54) is 39.7 Å². The maximum atomic E-state index is 3.95. The predicted octanol–water partition coefficient (Wildman–Crippen LogP) is 2.44. The smallest absolute Gasteiger partial charge is 1.00 e. The second-order valence-corrected chi connectivity index (χ2v) is 16.3. The first kappa shape index (κ1) is 22.7. The van der Waals surface area contributed by atoms with Crippen molar-refractivity contribution in [3.8, 4) is 0 Å². The summed E-state index contributed by atoms with van der Waals surface area (Å²) < 4.78 is 6.04. The van der Waals surface area contributed by atoms with Crippen molar-refractivity contribution < 1.29 is 48.0 Å². The van der Waals surface area contributed by atoms with Gasteiger partial charge in [0, 0.05) is 0 Å². The van der Waals surface area contributed by atoms with Crippen LogP contribution >= 0.6 is 67.1 Å². The summed E-state index contributed by atoms with van der Waals surface area (Å²) in [5.74, 6) is 0. The summed E-state index contributed by atoms with van der Waals surface area (Å²) in [6.07, 6.45) is 5.00. The summed E-state index contributed by atoms with van der Waals surface area (Å²) in [5, 5.41) is 0.957. The number of allylic oxidation sites excluding steroid dienone is 2. The fourth-order valence-electron chi connectivity index (χ4n) is 4.56. The van der Waals surface area contributed by atoms with Crippen LogP contribution in [0.5, 0.6) is 0 Å². The van der Waals surface area contributed by atoms with Crippen LogP contribution in [0.25, 0.3) is 12.2 Å². The molecule has 0 radical (unpaired) electrons. The summed E-state index contributed by atoms with van der Waals surface area (Å²) in [5.41, 5.74) is 9.02. The Morgan fingerprint density at radius 2 is 1.17 bits per heavy atom. The van der Waals surface area contributed by atoms with Gasteiger partial charge < -0.3 is 24.8 Å². The van der Waals surface area contributed by atoms with Crippen molar-refractivity contribution in [1.29, 1.82) is 0 Å². The van der Waals surface area contributed by atoms with E-state index in [-0.39, 0.29) is 24.8 Å². The Morgan fingerprint density at radius 1 is 0.700 bits per heavy atom. The Hall–Kier alpha value is 0.873. The number of benzene rings is 2. The molecule has 7 rings (SSSR count). The second kappa shape index (κ2) is 8.27. The Kier molecular flexibility index (Phi) is 6.25. The maximum absolute atomic E-state index is 3.95.